The summed E-state index contributed by atoms with van der Waals surface area (Å²) in [6, 6.07) is 18.3. The molecular formula is C17H13IrN7. The van der Waals surface area contributed by atoms with E-state index in [1.54, 1.807) is 34.1 Å². The summed E-state index contributed by atoms with van der Waals surface area (Å²) < 4.78 is 3.33. The number of hydrogen-bond acceptors (Lipinski definition) is 5. The Labute approximate surface area is 158 Å². The largest absolute Gasteiger partial charge is 0.420 e. The van der Waals surface area contributed by atoms with Crippen molar-refractivity contribution in [2.24, 2.45) is 5.10 Å². The van der Waals surface area contributed by atoms with E-state index in [2.05, 4.69) is 43.2 Å². The van der Waals surface area contributed by atoms with Gasteiger partial charge in [0.15, 0.2) is 0 Å². The molecule has 1 radical (unpaired) electrons. The van der Waals surface area contributed by atoms with E-state index in [-0.39, 0.29) is 20.1 Å². The molecule has 2 aromatic heterocycles. The molecule has 0 aliphatic carbocycles. The molecule has 0 N–H and O–H groups in total. The third kappa shape index (κ3) is 5.29. The monoisotopic (exact) mass is 508 g/mol. The predicted molar refractivity (Wildman–Crippen MR) is 86.8 cm³/mol. The quantitative estimate of drug-likeness (QED) is 0.391. The van der Waals surface area contributed by atoms with Crippen LogP contribution in [-0.2, 0) is 20.1 Å². The van der Waals surface area contributed by atoms with Crippen LogP contribution < -0.4 is 0 Å². The second-order valence-corrected chi connectivity index (χ2v) is 4.62. The molecule has 125 valence electrons. The average molecular weight is 508 g/mol. The van der Waals surface area contributed by atoms with Gasteiger partial charge in [-0.25, -0.2) is 4.98 Å². The molecule has 25 heavy (non-hydrogen) atoms. The van der Waals surface area contributed by atoms with Crippen LogP contribution in [0.5, 0.6) is 0 Å². The molecule has 3 heterocycles. The summed E-state index contributed by atoms with van der Waals surface area (Å²) in [6.07, 6.45) is 7.98. The van der Waals surface area contributed by atoms with Crippen molar-refractivity contribution in [1.82, 2.24) is 19.9 Å². The van der Waals surface area contributed by atoms with Gasteiger partial charge in [0.2, 0.25) is 5.10 Å². The molecule has 7 nitrogen and oxygen atoms in total. The summed E-state index contributed by atoms with van der Waals surface area (Å²) in [4.78, 5) is 15.7. The molecule has 1 aromatic carbocycles. The number of hydrogen-bond donors (Lipinski definition) is 0. The zero-order chi connectivity index (χ0) is 16.6. The number of pyridine rings is 1. The first-order chi connectivity index (χ1) is 11.8. The molecule has 0 fully saturated rings. The average Bonchev–Trinajstić information content (AvgIpc) is 3.11. The van der Waals surface area contributed by atoms with Gasteiger partial charge < -0.3 is 4.98 Å². The van der Waals surface area contributed by atoms with E-state index in [9.17, 15) is 0 Å². The predicted octanol–water partition coefficient (Wildman–Crippen LogP) is 1.64. The minimum Gasteiger partial charge on any atom is -0.386 e. The molecule has 0 unspecified atom stereocenters. The number of nitrogens with zero attached hydrogens (tertiary/aromatic N) is 7. The first-order valence-electron chi connectivity index (χ1n) is 7.07. The van der Waals surface area contributed by atoms with Crippen LogP contribution in [0.25, 0.3) is 11.4 Å². The summed E-state index contributed by atoms with van der Waals surface area (Å²) in [5, 5.41) is 4.04. The molecule has 0 spiro atoms. The van der Waals surface area contributed by atoms with Crippen molar-refractivity contribution in [3.63, 3.8) is 0 Å². The molecule has 1 aliphatic heterocycles. The molecular weight excluding hydrogens is 494 g/mol. The van der Waals surface area contributed by atoms with E-state index < -0.39 is 0 Å². The van der Waals surface area contributed by atoms with Crippen molar-refractivity contribution in [1.29, 1.82) is 0 Å². The summed E-state index contributed by atoms with van der Waals surface area (Å²) in [5.41, 5.74) is 1.68. The number of aromatic nitrogens is 4. The Kier molecular flexibility index (Phi) is 6.92. The van der Waals surface area contributed by atoms with Gasteiger partial charge in [-0.05, 0) is 6.20 Å². The zero-order valence-corrected chi connectivity index (χ0v) is 15.6. The minimum atomic E-state index is 0. The maximum Gasteiger partial charge on any atom is 0.420 e. The zero-order valence-electron chi connectivity index (χ0n) is 13.2. The molecule has 0 saturated heterocycles. The summed E-state index contributed by atoms with van der Waals surface area (Å²) in [6.45, 7) is 0. The molecule has 4 rings (SSSR count). The second-order valence-electron chi connectivity index (χ2n) is 4.62. The van der Waals surface area contributed by atoms with Gasteiger partial charge >= 0.3 is 12.3 Å². The maximum absolute atomic E-state index is 4.04. The van der Waals surface area contributed by atoms with Crippen LogP contribution in [0.1, 0.15) is 0 Å². The number of hydrazone groups is 1. The standard InChI is InChI=1S/C9H6N3.C8H7N4.Ir/c1-2-4-8(5-3-1)9-11-6-10-7-12-9;1-11-6-10-12(7-11)8-3-2-4-9-5-8;/h1-4,6-7H;2,4-6H,1H3;/q-1;+1;. The van der Waals surface area contributed by atoms with Crippen molar-refractivity contribution in [2.75, 3.05) is 7.05 Å². The van der Waals surface area contributed by atoms with E-state index >= 15 is 0 Å². The van der Waals surface area contributed by atoms with Gasteiger partial charge in [-0.15, -0.1) is 46.5 Å². The molecule has 1 aliphatic rings. The van der Waals surface area contributed by atoms with E-state index in [0.717, 1.165) is 11.3 Å². The van der Waals surface area contributed by atoms with Crippen molar-refractivity contribution in [3.05, 3.63) is 67.5 Å². The Balaban J connectivity index is 0.000000173. The van der Waals surface area contributed by atoms with Gasteiger partial charge in [-0.3, -0.25) is 9.97 Å². The first-order valence-corrected chi connectivity index (χ1v) is 7.07. The van der Waals surface area contributed by atoms with Gasteiger partial charge in [-0.2, -0.15) is 6.07 Å². The Morgan fingerprint density at radius 1 is 1.04 bits per heavy atom. The van der Waals surface area contributed by atoms with E-state index in [4.69, 9.17) is 0 Å². The van der Waals surface area contributed by atoms with E-state index in [1.165, 1.54) is 12.7 Å². The van der Waals surface area contributed by atoms with Crippen molar-refractivity contribution < 1.29 is 29.4 Å². The van der Waals surface area contributed by atoms with E-state index in [0.29, 0.717) is 5.82 Å². The minimum absolute atomic E-state index is 0. The molecule has 0 bridgehead atoms. The summed E-state index contributed by atoms with van der Waals surface area (Å²) >= 11 is 0. The van der Waals surface area contributed by atoms with Crippen LogP contribution >= 0.6 is 0 Å². The molecule has 0 saturated carbocycles. The maximum atomic E-state index is 4.04. The normalized spacial score (nSPS) is 11.6. The van der Waals surface area contributed by atoms with Gasteiger partial charge in [0.05, 0.1) is 10.5 Å². The SMILES string of the molecule is C[N+]1=C=[N+](c2[c-]ccnc2)N=C1.[Ir].[c-]1ccccc1-c1ncncn1. The molecule has 0 amide bonds. The van der Waals surface area contributed by atoms with Gasteiger partial charge in [-0.1, -0.05) is 6.20 Å². The fourth-order valence-corrected chi connectivity index (χ4v) is 1.79. The third-order valence-electron chi connectivity index (χ3n) is 2.85. The molecule has 3 aromatic rings. The van der Waals surface area contributed by atoms with E-state index in [1.807, 2.05) is 31.3 Å². The van der Waals surface area contributed by atoms with Crippen LogP contribution in [0.3, 0.4) is 0 Å². The molecule has 8 heteroatoms. The fraction of sp³-hybridized carbons (Fsp3) is 0.0588. The van der Waals surface area contributed by atoms with Crippen LogP contribution in [-0.4, -0.2) is 48.6 Å². The van der Waals surface area contributed by atoms with Crippen LogP contribution in [0, 0.1) is 12.1 Å². The fourth-order valence-electron chi connectivity index (χ4n) is 1.79. The number of benzene rings is 1. The van der Waals surface area contributed by atoms with Gasteiger partial charge in [0.25, 0.3) is 0 Å². The van der Waals surface area contributed by atoms with Crippen molar-refractivity contribution >= 4 is 18.0 Å². The summed E-state index contributed by atoms with van der Waals surface area (Å²) in [5.74, 6) is 0.658. The Morgan fingerprint density at radius 3 is 2.48 bits per heavy atom. The Bertz CT molecular complexity index is 853. The van der Waals surface area contributed by atoms with Gasteiger partial charge in [0.1, 0.15) is 25.4 Å². The van der Waals surface area contributed by atoms with Gasteiger partial charge in [0, 0.05) is 20.1 Å². The third-order valence-corrected chi connectivity index (χ3v) is 2.85. The summed E-state index contributed by atoms with van der Waals surface area (Å²) in [7, 11) is 1.86. The Morgan fingerprint density at radius 2 is 1.88 bits per heavy atom. The van der Waals surface area contributed by atoms with Crippen molar-refractivity contribution in [3.8, 4) is 11.4 Å². The van der Waals surface area contributed by atoms with Crippen molar-refractivity contribution in [2.45, 2.75) is 0 Å². The second kappa shape index (κ2) is 9.39. The molecule has 0 atom stereocenters. The van der Waals surface area contributed by atoms with Crippen LogP contribution in [0.4, 0.5) is 5.69 Å². The van der Waals surface area contributed by atoms with Crippen LogP contribution in [0.15, 0.2) is 60.5 Å². The smallest absolute Gasteiger partial charge is 0.386 e. The Hall–Kier alpha value is -2.92. The number of rotatable bonds is 2. The topological polar surface area (TPSA) is 69.9 Å². The van der Waals surface area contributed by atoms with Crippen LogP contribution in [0.2, 0.25) is 0 Å². The first kappa shape index (κ1) is 18.4.